The lowest BCUT2D eigenvalue weighted by Gasteiger charge is -2.31. The highest BCUT2D eigenvalue weighted by molar-refractivity contribution is 7.92. The second-order valence-corrected chi connectivity index (χ2v) is 10.9. The van der Waals surface area contributed by atoms with Crippen LogP contribution >= 0.6 is 0 Å². The van der Waals surface area contributed by atoms with Gasteiger partial charge in [0.05, 0.1) is 19.1 Å². The number of sulfonamides is 1. The van der Waals surface area contributed by atoms with Crippen LogP contribution < -0.4 is 23.8 Å². The van der Waals surface area contributed by atoms with Crippen LogP contribution in [0.2, 0.25) is 0 Å². The number of amides is 2. The summed E-state index contributed by atoms with van der Waals surface area (Å²) < 4.78 is 42.3. The number of anilines is 1. The molecule has 36 heavy (non-hydrogen) atoms. The lowest BCUT2D eigenvalue weighted by molar-refractivity contribution is -0.139. The molecule has 0 spiro atoms. The number of ether oxygens (including phenoxy) is 3. The molecule has 0 aromatic heterocycles. The van der Waals surface area contributed by atoms with Gasteiger partial charge in [-0.05, 0) is 42.7 Å². The first-order chi connectivity index (χ1) is 17.0. The van der Waals surface area contributed by atoms with E-state index in [-0.39, 0.29) is 30.9 Å². The Kier molecular flexibility index (Phi) is 8.67. The predicted molar refractivity (Wildman–Crippen MR) is 136 cm³/mol. The van der Waals surface area contributed by atoms with Crippen LogP contribution in [0, 0.1) is 5.92 Å². The number of carbonyl (C=O) groups is 2. The van der Waals surface area contributed by atoms with Crippen molar-refractivity contribution in [2.75, 3.05) is 37.6 Å². The normalized spacial score (nSPS) is 13.3. The fourth-order valence-corrected chi connectivity index (χ4v) is 4.50. The molecule has 3 rings (SSSR count). The van der Waals surface area contributed by atoms with Crippen LogP contribution in [0.15, 0.2) is 42.5 Å². The van der Waals surface area contributed by atoms with E-state index in [1.54, 1.807) is 44.4 Å². The van der Waals surface area contributed by atoms with Gasteiger partial charge in [-0.25, -0.2) is 8.42 Å². The highest BCUT2D eigenvalue weighted by Crippen LogP contribution is 2.36. The molecule has 1 unspecified atom stereocenters. The van der Waals surface area contributed by atoms with Gasteiger partial charge in [0.15, 0.2) is 11.5 Å². The summed E-state index contributed by atoms with van der Waals surface area (Å²) in [5, 5.41) is 2.85. The molecule has 2 aromatic carbocycles. The maximum absolute atomic E-state index is 13.6. The van der Waals surface area contributed by atoms with E-state index in [0.717, 1.165) is 16.1 Å². The Morgan fingerprint density at radius 1 is 1.08 bits per heavy atom. The summed E-state index contributed by atoms with van der Waals surface area (Å²) in [6.45, 7) is 5.65. The largest absolute Gasteiger partial charge is 0.497 e. The average Bonchev–Trinajstić information content (AvgIpc) is 3.31. The zero-order chi connectivity index (χ0) is 26.5. The third kappa shape index (κ3) is 6.81. The zero-order valence-corrected chi connectivity index (χ0v) is 22.0. The third-order valence-corrected chi connectivity index (χ3v) is 6.80. The SMILES string of the molecule is COc1cccc(CN(C(=O)CN(c2ccc3c(c2)OCO3)S(C)(=O)=O)C(C)C(=O)NCC(C)C)c1. The summed E-state index contributed by atoms with van der Waals surface area (Å²) in [7, 11) is -2.30. The van der Waals surface area contributed by atoms with Crippen molar-refractivity contribution in [3.8, 4) is 17.2 Å². The molecule has 2 amide bonds. The quantitative estimate of drug-likeness (QED) is 0.485. The number of rotatable bonds is 11. The lowest BCUT2D eigenvalue weighted by Crippen LogP contribution is -2.51. The van der Waals surface area contributed by atoms with E-state index in [2.05, 4.69) is 5.32 Å². The van der Waals surface area contributed by atoms with Gasteiger partial charge in [-0.2, -0.15) is 0 Å². The van der Waals surface area contributed by atoms with Crippen LogP contribution in [0.1, 0.15) is 26.3 Å². The molecule has 0 saturated heterocycles. The molecule has 2 aromatic rings. The highest BCUT2D eigenvalue weighted by atomic mass is 32.2. The summed E-state index contributed by atoms with van der Waals surface area (Å²) in [6, 6.07) is 11.0. The molecule has 1 heterocycles. The van der Waals surface area contributed by atoms with E-state index in [0.29, 0.717) is 23.8 Å². The van der Waals surface area contributed by atoms with E-state index in [4.69, 9.17) is 14.2 Å². The minimum absolute atomic E-state index is 0.0356. The number of hydrogen-bond donors (Lipinski definition) is 1. The number of hydrogen-bond acceptors (Lipinski definition) is 7. The summed E-state index contributed by atoms with van der Waals surface area (Å²) in [6.07, 6.45) is 1.02. The summed E-state index contributed by atoms with van der Waals surface area (Å²) in [5.41, 5.74) is 0.994. The first-order valence-electron chi connectivity index (χ1n) is 11.6. The van der Waals surface area contributed by atoms with Gasteiger partial charge in [-0.1, -0.05) is 26.0 Å². The van der Waals surface area contributed by atoms with Crippen molar-refractivity contribution in [3.05, 3.63) is 48.0 Å². The second kappa shape index (κ2) is 11.5. The van der Waals surface area contributed by atoms with Crippen LogP contribution in [0.25, 0.3) is 0 Å². The molecule has 0 saturated carbocycles. The van der Waals surface area contributed by atoms with Gasteiger partial charge in [0.25, 0.3) is 0 Å². The molecule has 196 valence electrons. The van der Waals surface area contributed by atoms with Crippen molar-refractivity contribution in [2.45, 2.75) is 33.4 Å². The van der Waals surface area contributed by atoms with Crippen molar-refractivity contribution in [1.82, 2.24) is 10.2 Å². The summed E-state index contributed by atoms with van der Waals surface area (Å²) in [4.78, 5) is 27.9. The first kappa shape index (κ1) is 27.1. The van der Waals surface area contributed by atoms with Crippen LogP contribution in [0.3, 0.4) is 0 Å². The molecule has 10 nitrogen and oxygen atoms in total. The molecular formula is C25H33N3O7S. The third-order valence-electron chi connectivity index (χ3n) is 5.66. The molecule has 1 atom stereocenters. The molecule has 1 aliphatic rings. The Morgan fingerprint density at radius 2 is 1.81 bits per heavy atom. The Bertz CT molecular complexity index is 1200. The first-order valence-corrected chi connectivity index (χ1v) is 13.4. The minimum Gasteiger partial charge on any atom is -0.497 e. The average molecular weight is 520 g/mol. The maximum atomic E-state index is 13.6. The molecule has 0 radical (unpaired) electrons. The summed E-state index contributed by atoms with van der Waals surface area (Å²) >= 11 is 0. The minimum atomic E-state index is -3.85. The number of nitrogens with one attached hydrogen (secondary N) is 1. The maximum Gasteiger partial charge on any atom is 0.244 e. The van der Waals surface area contributed by atoms with Gasteiger partial charge in [0, 0.05) is 19.2 Å². The van der Waals surface area contributed by atoms with Gasteiger partial charge in [-0.3, -0.25) is 13.9 Å². The monoisotopic (exact) mass is 519 g/mol. The van der Waals surface area contributed by atoms with E-state index in [1.807, 2.05) is 19.9 Å². The predicted octanol–water partition coefficient (Wildman–Crippen LogP) is 2.38. The van der Waals surface area contributed by atoms with Crippen molar-refractivity contribution < 1.29 is 32.2 Å². The number of carbonyl (C=O) groups excluding carboxylic acids is 2. The van der Waals surface area contributed by atoms with Crippen LogP contribution in [0.5, 0.6) is 17.2 Å². The number of methoxy groups -OCH3 is 1. The van der Waals surface area contributed by atoms with Gasteiger partial charge in [0.1, 0.15) is 18.3 Å². The van der Waals surface area contributed by atoms with Gasteiger partial charge < -0.3 is 24.4 Å². The molecule has 0 fully saturated rings. The van der Waals surface area contributed by atoms with Crippen molar-refractivity contribution >= 4 is 27.5 Å². The Labute approximate surface area is 212 Å². The van der Waals surface area contributed by atoms with Gasteiger partial charge in [-0.15, -0.1) is 0 Å². The fraction of sp³-hybridized carbons (Fsp3) is 0.440. The smallest absolute Gasteiger partial charge is 0.244 e. The second-order valence-electron chi connectivity index (χ2n) is 9.00. The number of fused-ring (bicyclic) bond motifs is 1. The number of nitrogens with zero attached hydrogens (tertiary/aromatic N) is 2. The summed E-state index contributed by atoms with van der Waals surface area (Å²) in [5.74, 6) is 0.865. The molecule has 0 bridgehead atoms. The Balaban J connectivity index is 1.90. The van der Waals surface area contributed by atoms with Crippen molar-refractivity contribution in [1.29, 1.82) is 0 Å². The molecule has 11 heteroatoms. The molecular weight excluding hydrogens is 486 g/mol. The zero-order valence-electron chi connectivity index (χ0n) is 21.2. The van der Waals surface area contributed by atoms with Crippen LogP contribution in [0.4, 0.5) is 5.69 Å². The standard InChI is InChI=1S/C25H33N3O7S/c1-17(2)13-26-25(30)18(3)27(14-19-7-6-8-21(11-19)33-4)24(29)15-28(36(5,31)32)20-9-10-22-23(12-20)35-16-34-22/h6-12,17-18H,13-16H2,1-5H3,(H,26,30). The van der Waals surface area contributed by atoms with E-state index >= 15 is 0 Å². The lowest BCUT2D eigenvalue weighted by atomic mass is 10.1. The number of benzene rings is 2. The Morgan fingerprint density at radius 3 is 2.47 bits per heavy atom. The van der Waals surface area contributed by atoms with E-state index in [1.165, 1.54) is 11.0 Å². The van der Waals surface area contributed by atoms with E-state index in [9.17, 15) is 18.0 Å². The fourth-order valence-electron chi connectivity index (χ4n) is 3.66. The van der Waals surface area contributed by atoms with Crippen molar-refractivity contribution in [2.24, 2.45) is 5.92 Å². The molecule has 1 aliphatic heterocycles. The van der Waals surface area contributed by atoms with Gasteiger partial charge in [0.2, 0.25) is 28.6 Å². The van der Waals surface area contributed by atoms with E-state index < -0.39 is 28.5 Å². The van der Waals surface area contributed by atoms with Crippen LogP contribution in [-0.4, -0.2) is 64.4 Å². The topological polar surface area (TPSA) is 114 Å². The molecule has 1 N–H and O–H groups in total. The van der Waals surface area contributed by atoms with Gasteiger partial charge >= 0.3 is 0 Å². The van der Waals surface area contributed by atoms with Crippen LogP contribution in [-0.2, 0) is 26.2 Å². The van der Waals surface area contributed by atoms with Crippen molar-refractivity contribution in [3.63, 3.8) is 0 Å². The Hall–Kier alpha value is -3.47. The highest BCUT2D eigenvalue weighted by Gasteiger charge is 2.31. The molecule has 0 aliphatic carbocycles.